The molecule has 1 amide bonds. The van der Waals surface area contributed by atoms with Gasteiger partial charge >= 0.3 is 6.09 Å². The first-order valence-electron chi connectivity index (χ1n) is 9.92. The number of amides is 1. The molecule has 0 N–H and O–H groups in total. The molecule has 2 fully saturated rings. The zero-order valence-electron chi connectivity index (χ0n) is 16.6. The molecule has 5 heteroatoms. The Hall–Kier alpha value is -2.69. The number of hydrogen-bond donors (Lipinski definition) is 0. The number of ether oxygens (including phenoxy) is 3. The van der Waals surface area contributed by atoms with Gasteiger partial charge in [0.15, 0.2) is 11.5 Å². The van der Waals surface area contributed by atoms with Crippen LogP contribution in [0.25, 0.3) is 11.1 Å². The number of carbonyl (C=O) groups excluding carboxylic acids is 1. The Morgan fingerprint density at radius 1 is 0.929 bits per heavy atom. The first kappa shape index (κ1) is 18.7. The molecule has 1 saturated heterocycles. The largest absolute Gasteiger partial charge is 0.493 e. The van der Waals surface area contributed by atoms with E-state index in [9.17, 15) is 4.79 Å². The summed E-state index contributed by atoms with van der Waals surface area (Å²) in [5, 5.41) is 0. The Balaban J connectivity index is 1.46. The first-order chi connectivity index (χ1) is 13.6. The van der Waals surface area contributed by atoms with E-state index in [0.29, 0.717) is 24.6 Å². The highest BCUT2D eigenvalue weighted by Crippen LogP contribution is 2.37. The van der Waals surface area contributed by atoms with Gasteiger partial charge in [0.2, 0.25) is 0 Å². The minimum absolute atomic E-state index is 0.175. The third kappa shape index (κ3) is 3.66. The lowest BCUT2D eigenvalue weighted by atomic mass is 9.85. The molecule has 0 unspecified atom stereocenters. The lowest BCUT2D eigenvalue weighted by Gasteiger charge is -2.30. The molecule has 1 aliphatic heterocycles. The van der Waals surface area contributed by atoms with Crippen LogP contribution in [0, 0.1) is 0 Å². The van der Waals surface area contributed by atoms with E-state index in [1.807, 2.05) is 23.1 Å². The molecule has 2 aliphatic rings. The van der Waals surface area contributed by atoms with Gasteiger partial charge in [-0.25, -0.2) is 4.79 Å². The second-order valence-corrected chi connectivity index (χ2v) is 7.73. The number of nitrogens with zero attached hydrogens (tertiary/aromatic N) is 1. The summed E-state index contributed by atoms with van der Waals surface area (Å²) in [6.07, 6.45) is 5.37. The standard InChI is InChI=1S/C23H27NO4/c1-26-20-11-10-19(14-21(20)27-2)18-8-6-17(7-9-18)15-24-16-23(28-22(24)25)12-4-3-5-13-23/h6-11,14H,3-5,12-13,15-16H2,1-2H3. The average Bonchev–Trinajstić information content (AvgIpc) is 3.02. The summed E-state index contributed by atoms with van der Waals surface area (Å²) in [7, 11) is 3.27. The summed E-state index contributed by atoms with van der Waals surface area (Å²) in [5.74, 6) is 1.42. The fraction of sp³-hybridized carbons (Fsp3) is 0.435. The summed E-state index contributed by atoms with van der Waals surface area (Å²) in [6.45, 7) is 1.30. The highest BCUT2D eigenvalue weighted by atomic mass is 16.6. The molecule has 5 nitrogen and oxygen atoms in total. The molecular weight excluding hydrogens is 354 g/mol. The molecule has 148 valence electrons. The van der Waals surface area contributed by atoms with Crippen LogP contribution in [0.5, 0.6) is 11.5 Å². The summed E-state index contributed by atoms with van der Waals surface area (Å²) in [6, 6.07) is 14.2. The fourth-order valence-electron chi connectivity index (χ4n) is 4.31. The molecule has 0 radical (unpaired) electrons. The minimum atomic E-state index is -0.241. The Bertz CT molecular complexity index is 840. The van der Waals surface area contributed by atoms with E-state index >= 15 is 0 Å². The van der Waals surface area contributed by atoms with Crippen LogP contribution in [-0.4, -0.2) is 37.4 Å². The minimum Gasteiger partial charge on any atom is -0.493 e. The van der Waals surface area contributed by atoms with Gasteiger partial charge in [-0.2, -0.15) is 0 Å². The van der Waals surface area contributed by atoms with E-state index < -0.39 is 0 Å². The van der Waals surface area contributed by atoms with E-state index in [1.165, 1.54) is 6.42 Å². The van der Waals surface area contributed by atoms with Crippen LogP contribution in [0.1, 0.15) is 37.7 Å². The van der Waals surface area contributed by atoms with E-state index in [2.05, 4.69) is 24.3 Å². The lowest BCUT2D eigenvalue weighted by Crippen LogP contribution is -2.36. The van der Waals surface area contributed by atoms with Gasteiger partial charge in [-0.15, -0.1) is 0 Å². The summed E-state index contributed by atoms with van der Waals surface area (Å²) < 4.78 is 16.5. The van der Waals surface area contributed by atoms with Crippen molar-refractivity contribution in [1.82, 2.24) is 4.90 Å². The first-order valence-corrected chi connectivity index (χ1v) is 9.92. The fourth-order valence-corrected chi connectivity index (χ4v) is 4.31. The lowest BCUT2D eigenvalue weighted by molar-refractivity contribution is 0.0260. The predicted molar refractivity (Wildman–Crippen MR) is 108 cm³/mol. The van der Waals surface area contributed by atoms with Gasteiger partial charge in [0.1, 0.15) is 5.60 Å². The number of carbonyl (C=O) groups is 1. The monoisotopic (exact) mass is 381 g/mol. The smallest absolute Gasteiger partial charge is 0.410 e. The number of benzene rings is 2. The third-order valence-corrected chi connectivity index (χ3v) is 5.85. The summed E-state index contributed by atoms with van der Waals surface area (Å²) in [4.78, 5) is 14.2. The molecule has 4 rings (SSSR count). The van der Waals surface area contributed by atoms with Crippen molar-refractivity contribution in [2.45, 2.75) is 44.2 Å². The van der Waals surface area contributed by atoms with E-state index in [0.717, 1.165) is 42.4 Å². The van der Waals surface area contributed by atoms with Crippen molar-refractivity contribution in [3.8, 4) is 22.6 Å². The highest BCUT2D eigenvalue weighted by molar-refractivity contribution is 5.71. The van der Waals surface area contributed by atoms with Crippen LogP contribution in [0.15, 0.2) is 42.5 Å². The highest BCUT2D eigenvalue weighted by Gasteiger charge is 2.45. The molecule has 28 heavy (non-hydrogen) atoms. The van der Waals surface area contributed by atoms with Crippen molar-refractivity contribution in [3.05, 3.63) is 48.0 Å². The normalized spacial score (nSPS) is 18.2. The van der Waals surface area contributed by atoms with Crippen molar-refractivity contribution in [2.24, 2.45) is 0 Å². The van der Waals surface area contributed by atoms with E-state index in [-0.39, 0.29) is 11.7 Å². The van der Waals surface area contributed by atoms with Crippen LogP contribution in [0.4, 0.5) is 4.79 Å². The molecule has 1 heterocycles. The van der Waals surface area contributed by atoms with Gasteiger partial charge in [-0.05, 0) is 54.5 Å². The van der Waals surface area contributed by atoms with Crippen LogP contribution >= 0.6 is 0 Å². The molecule has 0 aromatic heterocycles. The van der Waals surface area contributed by atoms with Crippen molar-refractivity contribution in [3.63, 3.8) is 0 Å². The van der Waals surface area contributed by atoms with Crippen molar-refractivity contribution in [2.75, 3.05) is 20.8 Å². The van der Waals surface area contributed by atoms with Crippen LogP contribution in [-0.2, 0) is 11.3 Å². The SMILES string of the molecule is COc1ccc(-c2ccc(CN3CC4(CCCCC4)OC3=O)cc2)cc1OC. The van der Waals surface area contributed by atoms with Gasteiger partial charge in [-0.3, -0.25) is 4.90 Å². The molecule has 2 aromatic rings. The number of hydrogen-bond acceptors (Lipinski definition) is 4. The molecule has 1 aliphatic carbocycles. The zero-order chi connectivity index (χ0) is 19.6. The Kier molecular flexibility index (Phi) is 5.16. The second-order valence-electron chi connectivity index (χ2n) is 7.73. The Morgan fingerprint density at radius 3 is 2.29 bits per heavy atom. The van der Waals surface area contributed by atoms with E-state index in [1.54, 1.807) is 14.2 Å². The summed E-state index contributed by atoms with van der Waals surface area (Å²) >= 11 is 0. The van der Waals surface area contributed by atoms with Gasteiger partial charge in [0.25, 0.3) is 0 Å². The van der Waals surface area contributed by atoms with Crippen molar-refractivity contribution in [1.29, 1.82) is 0 Å². The molecule has 1 saturated carbocycles. The molecule has 2 aromatic carbocycles. The maximum atomic E-state index is 12.3. The molecule has 0 bridgehead atoms. The quantitative estimate of drug-likeness (QED) is 0.729. The summed E-state index contributed by atoms with van der Waals surface area (Å²) in [5.41, 5.74) is 3.02. The molecular formula is C23H27NO4. The predicted octanol–water partition coefficient (Wildman–Crippen LogP) is 5.03. The van der Waals surface area contributed by atoms with Gasteiger partial charge in [0.05, 0.1) is 20.8 Å². The number of rotatable bonds is 5. The van der Waals surface area contributed by atoms with Crippen LogP contribution in [0.3, 0.4) is 0 Å². The van der Waals surface area contributed by atoms with E-state index in [4.69, 9.17) is 14.2 Å². The van der Waals surface area contributed by atoms with Gasteiger partial charge in [0, 0.05) is 6.54 Å². The van der Waals surface area contributed by atoms with Crippen LogP contribution in [0.2, 0.25) is 0 Å². The number of methoxy groups -OCH3 is 2. The maximum absolute atomic E-state index is 12.3. The van der Waals surface area contributed by atoms with Crippen LogP contribution < -0.4 is 9.47 Å². The van der Waals surface area contributed by atoms with Crippen molar-refractivity contribution < 1.29 is 19.0 Å². The molecule has 1 spiro atoms. The second kappa shape index (κ2) is 7.74. The maximum Gasteiger partial charge on any atom is 0.410 e. The topological polar surface area (TPSA) is 48.0 Å². The average molecular weight is 381 g/mol. The van der Waals surface area contributed by atoms with Gasteiger partial charge in [-0.1, -0.05) is 36.8 Å². The van der Waals surface area contributed by atoms with Gasteiger partial charge < -0.3 is 14.2 Å². The molecule has 0 atom stereocenters. The zero-order valence-corrected chi connectivity index (χ0v) is 16.6. The third-order valence-electron chi connectivity index (χ3n) is 5.85. The Morgan fingerprint density at radius 2 is 1.61 bits per heavy atom. The Labute approximate surface area is 166 Å². The van der Waals surface area contributed by atoms with Crippen molar-refractivity contribution >= 4 is 6.09 Å².